The summed E-state index contributed by atoms with van der Waals surface area (Å²) >= 11 is 3.24. The lowest BCUT2D eigenvalue weighted by Crippen LogP contribution is -2.35. The Bertz CT molecular complexity index is 914. The zero-order chi connectivity index (χ0) is 20.1. The van der Waals surface area contributed by atoms with Crippen molar-refractivity contribution in [2.75, 3.05) is 13.1 Å². The topological polar surface area (TPSA) is 65.5 Å². The first-order valence-electron chi connectivity index (χ1n) is 9.89. The van der Waals surface area contributed by atoms with Gasteiger partial charge in [0.05, 0.1) is 23.1 Å². The molecule has 0 aliphatic carbocycles. The van der Waals surface area contributed by atoms with Crippen LogP contribution in [0.2, 0.25) is 0 Å². The van der Waals surface area contributed by atoms with Crippen molar-refractivity contribution in [3.8, 4) is 9.88 Å². The number of carbonyl (C=O) groups is 1. The van der Waals surface area contributed by atoms with Gasteiger partial charge in [-0.1, -0.05) is 30.3 Å². The Morgan fingerprint density at radius 3 is 2.62 bits per heavy atom. The van der Waals surface area contributed by atoms with Crippen molar-refractivity contribution in [1.82, 2.24) is 15.2 Å². The monoisotopic (exact) mass is 427 g/mol. The molecule has 1 fully saturated rings. The second kappa shape index (κ2) is 9.63. The number of benzene rings is 1. The molecule has 1 saturated heterocycles. The zero-order valence-electron chi connectivity index (χ0n) is 16.2. The van der Waals surface area contributed by atoms with Crippen LogP contribution in [0, 0.1) is 0 Å². The molecule has 3 heterocycles. The van der Waals surface area contributed by atoms with Gasteiger partial charge in [0, 0.05) is 31.6 Å². The second-order valence-electron chi connectivity index (χ2n) is 7.40. The first-order chi connectivity index (χ1) is 14.2. The van der Waals surface area contributed by atoms with Crippen LogP contribution in [0.4, 0.5) is 0 Å². The Morgan fingerprint density at radius 1 is 1.14 bits per heavy atom. The number of nitrogens with zero attached hydrogens (tertiary/aromatic N) is 2. The Kier molecular flexibility index (Phi) is 6.71. The van der Waals surface area contributed by atoms with E-state index in [0.29, 0.717) is 13.0 Å². The van der Waals surface area contributed by atoms with E-state index < -0.39 is 0 Å². The van der Waals surface area contributed by atoms with Gasteiger partial charge in [-0.15, -0.1) is 22.7 Å². The molecule has 2 aromatic heterocycles. The molecule has 1 aliphatic rings. The molecular weight excluding hydrogens is 402 g/mol. The van der Waals surface area contributed by atoms with Gasteiger partial charge in [0.25, 0.3) is 0 Å². The van der Waals surface area contributed by atoms with Crippen molar-refractivity contribution >= 4 is 28.6 Å². The number of amides is 1. The molecule has 5 nitrogen and oxygen atoms in total. The summed E-state index contributed by atoms with van der Waals surface area (Å²) in [5.74, 6) is -0.0102. The molecule has 1 aromatic carbocycles. The maximum Gasteiger partial charge on any atom is 0.226 e. The van der Waals surface area contributed by atoms with Gasteiger partial charge in [0.15, 0.2) is 0 Å². The first kappa shape index (κ1) is 20.2. The molecule has 152 valence electrons. The number of likely N-dealkylation sites (tertiary alicyclic amines) is 1. The van der Waals surface area contributed by atoms with E-state index in [4.69, 9.17) is 0 Å². The van der Waals surface area contributed by atoms with Crippen LogP contribution in [0.5, 0.6) is 0 Å². The van der Waals surface area contributed by atoms with Crippen LogP contribution >= 0.6 is 22.7 Å². The minimum Gasteiger partial charge on any atom is -0.393 e. The van der Waals surface area contributed by atoms with E-state index in [0.717, 1.165) is 53.6 Å². The number of aromatic nitrogens is 1. The van der Waals surface area contributed by atoms with Gasteiger partial charge in [0.2, 0.25) is 5.91 Å². The second-order valence-corrected chi connectivity index (χ2v) is 9.20. The molecule has 1 aliphatic heterocycles. The van der Waals surface area contributed by atoms with Crippen molar-refractivity contribution in [2.24, 2.45) is 0 Å². The van der Waals surface area contributed by atoms with Crippen LogP contribution < -0.4 is 5.32 Å². The Hall–Kier alpha value is -2.06. The van der Waals surface area contributed by atoms with Crippen LogP contribution in [0.1, 0.15) is 29.7 Å². The average Bonchev–Trinajstić information content (AvgIpc) is 3.41. The average molecular weight is 428 g/mol. The molecule has 7 heteroatoms. The summed E-state index contributed by atoms with van der Waals surface area (Å²) in [6.07, 6.45) is 1.89. The minimum atomic E-state index is -0.135. The third-order valence-electron chi connectivity index (χ3n) is 5.10. The van der Waals surface area contributed by atoms with Gasteiger partial charge >= 0.3 is 0 Å². The highest BCUT2D eigenvalue weighted by Crippen LogP contribution is 2.27. The molecule has 0 bridgehead atoms. The van der Waals surface area contributed by atoms with Crippen molar-refractivity contribution in [3.05, 3.63) is 64.0 Å². The Morgan fingerprint density at radius 2 is 1.90 bits per heavy atom. The van der Waals surface area contributed by atoms with E-state index >= 15 is 0 Å². The van der Waals surface area contributed by atoms with Gasteiger partial charge in [-0.2, -0.15) is 0 Å². The van der Waals surface area contributed by atoms with E-state index in [-0.39, 0.29) is 12.0 Å². The van der Waals surface area contributed by atoms with Gasteiger partial charge in [0.1, 0.15) is 5.01 Å². The smallest absolute Gasteiger partial charge is 0.226 e. The molecule has 0 spiro atoms. The summed E-state index contributed by atoms with van der Waals surface area (Å²) in [5, 5.41) is 17.6. The van der Waals surface area contributed by atoms with Crippen molar-refractivity contribution in [3.63, 3.8) is 0 Å². The minimum absolute atomic E-state index is 0.0102. The van der Waals surface area contributed by atoms with Crippen LogP contribution in [0.15, 0.2) is 47.2 Å². The standard InChI is InChI=1S/C22H25N3O2S2/c26-19-7-9-25(10-8-19)14-17-5-3-16(4-6-17)13-23-21(27)12-18-15-29-22(24-18)20-2-1-11-28-20/h1-6,11,15,19,26H,7-10,12-14H2,(H,23,27). The normalized spacial score (nSPS) is 15.5. The molecule has 1 amide bonds. The van der Waals surface area contributed by atoms with E-state index in [1.54, 1.807) is 22.7 Å². The summed E-state index contributed by atoms with van der Waals surface area (Å²) in [6.45, 7) is 3.33. The van der Waals surface area contributed by atoms with Crippen LogP contribution in [0.3, 0.4) is 0 Å². The van der Waals surface area contributed by atoms with Crippen molar-refractivity contribution < 1.29 is 9.90 Å². The maximum atomic E-state index is 12.3. The number of nitrogens with one attached hydrogen (secondary N) is 1. The zero-order valence-corrected chi connectivity index (χ0v) is 17.8. The largest absolute Gasteiger partial charge is 0.393 e. The molecule has 0 atom stereocenters. The predicted octanol–water partition coefficient (Wildman–Crippen LogP) is 3.69. The summed E-state index contributed by atoms with van der Waals surface area (Å²) in [6, 6.07) is 12.5. The van der Waals surface area contributed by atoms with Crippen molar-refractivity contribution in [2.45, 2.75) is 38.5 Å². The lowest BCUT2D eigenvalue weighted by atomic mass is 10.1. The number of piperidine rings is 1. The third kappa shape index (κ3) is 5.73. The number of thiazole rings is 1. The molecule has 3 aromatic rings. The number of aliphatic hydroxyl groups is 1. The maximum absolute atomic E-state index is 12.3. The van der Waals surface area contributed by atoms with E-state index in [1.807, 2.05) is 22.9 Å². The van der Waals surface area contributed by atoms with Crippen LogP contribution in [-0.4, -0.2) is 40.1 Å². The summed E-state index contributed by atoms with van der Waals surface area (Å²) in [7, 11) is 0. The highest BCUT2D eigenvalue weighted by Gasteiger charge is 2.16. The fourth-order valence-electron chi connectivity index (χ4n) is 3.43. The molecule has 2 N–H and O–H groups in total. The molecular formula is C22H25N3O2S2. The summed E-state index contributed by atoms with van der Waals surface area (Å²) < 4.78 is 0. The fourth-order valence-corrected chi connectivity index (χ4v) is 5.06. The van der Waals surface area contributed by atoms with Crippen LogP contribution in [-0.2, 0) is 24.3 Å². The van der Waals surface area contributed by atoms with Gasteiger partial charge in [-0.05, 0) is 35.4 Å². The SMILES string of the molecule is O=C(Cc1csc(-c2cccs2)n1)NCc1ccc(CN2CCC(O)CC2)cc1. The Labute approximate surface area is 179 Å². The van der Waals surface area contributed by atoms with E-state index in [1.165, 1.54) is 5.56 Å². The fraction of sp³-hybridized carbons (Fsp3) is 0.364. The van der Waals surface area contributed by atoms with Crippen molar-refractivity contribution in [1.29, 1.82) is 0 Å². The number of aliphatic hydroxyl groups excluding tert-OH is 1. The molecule has 0 saturated carbocycles. The number of hydrogen-bond acceptors (Lipinski definition) is 6. The van der Waals surface area contributed by atoms with Gasteiger partial charge in [-0.3, -0.25) is 9.69 Å². The number of hydrogen-bond donors (Lipinski definition) is 2. The lowest BCUT2D eigenvalue weighted by Gasteiger charge is -2.29. The summed E-state index contributed by atoms with van der Waals surface area (Å²) in [4.78, 5) is 20.4. The first-order valence-corrected chi connectivity index (χ1v) is 11.6. The highest BCUT2D eigenvalue weighted by atomic mass is 32.1. The molecule has 0 radical (unpaired) electrons. The van der Waals surface area contributed by atoms with Gasteiger partial charge in [-0.25, -0.2) is 4.98 Å². The molecule has 29 heavy (non-hydrogen) atoms. The molecule has 0 unspecified atom stereocenters. The third-order valence-corrected chi connectivity index (χ3v) is 7.03. The number of thiophene rings is 1. The number of rotatable bonds is 7. The predicted molar refractivity (Wildman–Crippen MR) is 118 cm³/mol. The van der Waals surface area contributed by atoms with Gasteiger partial charge < -0.3 is 10.4 Å². The van der Waals surface area contributed by atoms with E-state index in [9.17, 15) is 9.90 Å². The van der Waals surface area contributed by atoms with Crippen LogP contribution in [0.25, 0.3) is 9.88 Å². The van der Waals surface area contributed by atoms with E-state index in [2.05, 4.69) is 39.5 Å². The summed E-state index contributed by atoms with van der Waals surface area (Å²) in [5.41, 5.74) is 3.17. The highest BCUT2D eigenvalue weighted by molar-refractivity contribution is 7.20. The Balaban J connectivity index is 1.23. The number of carbonyl (C=O) groups excluding carboxylic acids is 1. The molecule has 4 rings (SSSR count). The lowest BCUT2D eigenvalue weighted by molar-refractivity contribution is -0.120. The quantitative estimate of drug-likeness (QED) is 0.604.